The average molecular weight is 356 g/mol. The van der Waals surface area contributed by atoms with Gasteiger partial charge in [0.25, 0.3) is 5.91 Å². The minimum absolute atomic E-state index is 0.199. The maximum Gasteiger partial charge on any atom is 0.337 e. The average Bonchev–Trinajstić information content (AvgIpc) is 3.20. The quantitative estimate of drug-likeness (QED) is 0.764. The van der Waals surface area contributed by atoms with E-state index >= 15 is 0 Å². The summed E-state index contributed by atoms with van der Waals surface area (Å²) in [6.45, 7) is 1.48. The van der Waals surface area contributed by atoms with Gasteiger partial charge in [-0.2, -0.15) is 0 Å². The number of esters is 1. The van der Waals surface area contributed by atoms with E-state index in [0.717, 1.165) is 19.4 Å². The van der Waals surface area contributed by atoms with Crippen LogP contribution < -0.4 is 10.6 Å². The zero-order valence-corrected chi connectivity index (χ0v) is 14.4. The molecule has 1 saturated heterocycles. The van der Waals surface area contributed by atoms with Gasteiger partial charge in [0, 0.05) is 18.8 Å². The van der Waals surface area contributed by atoms with Crippen LogP contribution in [0.4, 0.5) is 11.5 Å². The normalized spacial score (nSPS) is 16.1. The summed E-state index contributed by atoms with van der Waals surface area (Å²) in [5, 5.41) is 13.8. The summed E-state index contributed by atoms with van der Waals surface area (Å²) < 4.78 is 10.2. The van der Waals surface area contributed by atoms with Crippen molar-refractivity contribution in [1.29, 1.82) is 0 Å². The monoisotopic (exact) mass is 356 g/mol. The van der Waals surface area contributed by atoms with Crippen LogP contribution in [0.2, 0.25) is 0 Å². The first-order valence-electron chi connectivity index (χ1n) is 8.34. The molecule has 1 unspecified atom stereocenters. The van der Waals surface area contributed by atoms with Crippen molar-refractivity contribution >= 4 is 23.4 Å². The summed E-state index contributed by atoms with van der Waals surface area (Å²) in [5.41, 5.74) is 1.15. The molecular weight excluding hydrogens is 336 g/mol. The molecule has 3 rings (SSSR count). The molecule has 1 amide bonds. The van der Waals surface area contributed by atoms with Crippen LogP contribution in [-0.4, -0.2) is 48.4 Å². The van der Waals surface area contributed by atoms with E-state index in [-0.39, 0.29) is 17.7 Å². The van der Waals surface area contributed by atoms with Gasteiger partial charge in [0.15, 0.2) is 5.69 Å². The Kier molecular flexibility index (Phi) is 5.75. The molecular formula is C18H20N4O4. The lowest BCUT2D eigenvalue weighted by Crippen LogP contribution is -2.20. The second-order valence-corrected chi connectivity index (χ2v) is 5.84. The molecule has 0 aliphatic carbocycles. The summed E-state index contributed by atoms with van der Waals surface area (Å²) in [5.74, 6) is -0.215. The highest BCUT2D eigenvalue weighted by Gasteiger charge is 2.15. The molecule has 2 heterocycles. The number of aromatic nitrogens is 2. The predicted molar refractivity (Wildman–Crippen MR) is 95.2 cm³/mol. The molecule has 1 atom stereocenters. The Morgan fingerprint density at radius 3 is 2.62 bits per heavy atom. The van der Waals surface area contributed by atoms with Gasteiger partial charge in [-0.1, -0.05) is 0 Å². The van der Waals surface area contributed by atoms with Gasteiger partial charge in [-0.05, 0) is 49.2 Å². The van der Waals surface area contributed by atoms with Gasteiger partial charge in [0.2, 0.25) is 0 Å². The smallest absolute Gasteiger partial charge is 0.337 e. The fourth-order valence-electron chi connectivity index (χ4n) is 2.57. The molecule has 2 aromatic rings. The fraction of sp³-hybridized carbons (Fsp3) is 0.333. The molecule has 26 heavy (non-hydrogen) atoms. The van der Waals surface area contributed by atoms with E-state index in [1.807, 2.05) is 0 Å². The van der Waals surface area contributed by atoms with E-state index in [2.05, 4.69) is 25.6 Å². The highest BCUT2D eigenvalue weighted by Crippen LogP contribution is 2.14. The molecule has 0 spiro atoms. The van der Waals surface area contributed by atoms with Crippen molar-refractivity contribution < 1.29 is 19.1 Å². The van der Waals surface area contributed by atoms with Crippen LogP contribution in [0.1, 0.15) is 33.7 Å². The van der Waals surface area contributed by atoms with Gasteiger partial charge in [-0.15, -0.1) is 10.2 Å². The van der Waals surface area contributed by atoms with Crippen LogP contribution in [0.15, 0.2) is 36.4 Å². The molecule has 0 bridgehead atoms. The third kappa shape index (κ3) is 4.54. The lowest BCUT2D eigenvalue weighted by molar-refractivity contribution is 0.0600. The SMILES string of the molecule is COC(=O)c1ccc(NC(=O)c2ccc(NCC3CCCO3)nn2)cc1. The summed E-state index contributed by atoms with van der Waals surface area (Å²) in [4.78, 5) is 23.6. The second-order valence-electron chi connectivity index (χ2n) is 5.84. The minimum Gasteiger partial charge on any atom is -0.465 e. The summed E-state index contributed by atoms with van der Waals surface area (Å²) in [7, 11) is 1.32. The molecule has 0 saturated carbocycles. The van der Waals surface area contributed by atoms with Crippen molar-refractivity contribution in [2.24, 2.45) is 0 Å². The number of amides is 1. The number of methoxy groups -OCH3 is 1. The Balaban J connectivity index is 1.54. The van der Waals surface area contributed by atoms with E-state index in [1.165, 1.54) is 7.11 Å². The zero-order valence-electron chi connectivity index (χ0n) is 14.4. The molecule has 1 aliphatic rings. The number of benzene rings is 1. The van der Waals surface area contributed by atoms with Gasteiger partial charge in [-0.3, -0.25) is 4.79 Å². The van der Waals surface area contributed by atoms with Gasteiger partial charge in [0.1, 0.15) is 5.82 Å². The van der Waals surface area contributed by atoms with Crippen molar-refractivity contribution in [2.45, 2.75) is 18.9 Å². The van der Waals surface area contributed by atoms with Gasteiger partial charge >= 0.3 is 5.97 Å². The Hall–Kier alpha value is -3.00. The molecule has 2 N–H and O–H groups in total. The first-order valence-corrected chi connectivity index (χ1v) is 8.34. The lowest BCUT2D eigenvalue weighted by atomic mass is 10.2. The third-order valence-electron chi connectivity index (χ3n) is 4.00. The Labute approximate surface area is 150 Å². The third-order valence-corrected chi connectivity index (χ3v) is 4.00. The van der Waals surface area contributed by atoms with Crippen molar-refractivity contribution in [3.8, 4) is 0 Å². The molecule has 1 aliphatic heterocycles. The minimum atomic E-state index is -0.431. The number of ether oxygens (including phenoxy) is 2. The number of hydrogen-bond acceptors (Lipinski definition) is 7. The summed E-state index contributed by atoms with van der Waals surface area (Å²) in [6.07, 6.45) is 2.32. The standard InChI is InChI=1S/C18H20N4O4/c1-25-18(24)12-4-6-13(7-5-12)20-17(23)15-8-9-16(22-21-15)19-11-14-3-2-10-26-14/h4-9,14H,2-3,10-11H2,1H3,(H,19,22)(H,20,23). The molecule has 0 radical (unpaired) electrons. The number of nitrogens with zero attached hydrogens (tertiary/aromatic N) is 2. The number of carbonyl (C=O) groups excluding carboxylic acids is 2. The molecule has 1 aromatic carbocycles. The van der Waals surface area contributed by atoms with Gasteiger partial charge in [0.05, 0.1) is 18.8 Å². The van der Waals surface area contributed by atoms with Crippen LogP contribution in [0.25, 0.3) is 0 Å². The van der Waals surface area contributed by atoms with E-state index in [1.54, 1.807) is 36.4 Å². The lowest BCUT2D eigenvalue weighted by Gasteiger charge is -2.11. The van der Waals surface area contributed by atoms with Crippen LogP contribution in [-0.2, 0) is 9.47 Å². The van der Waals surface area contributed by atoms with Gasteiger partial charge in [-0.25, -0.2) is 4.79 Å². The van der Waals surface area contributed by atoms with Gasteiger partial charge < -0.3 is 20.1 Å². The van der Waals surface area contributed by atoms with Crippen molar-refractivity contribution in [2.75, 3.05) is 30.9 Å². The summed E-state index contributed by atoms with van der Waals surface area (Å²) >= 11 is 0. The summed E-state index contributed by atoms with van der Waals surface area (Å²) in [6, 6.07) is 9.70. The maximum atomic E-state index is 12.2. The van der Waals surface area contributed by atoms with Crippen LogP contribution in [0.3, 0.4) is 0 Å². The zero-order chi connectivity index (χ0) is 18.4. The molecule has 1 aromatic heterocycles. The highest BCUT2D eigenvalue weighted by molar-refractivity contribution is 6.03. The molecule has 8 heteroatoms. The Morgan fingerprint density at radius 2 is 2.00 bits per heavy atom. The van der Waals surface area contributed by atoms with Crippen LogP contribution in [0.5, 0.6) is 0 Å². The number of rotatable bonds is 6. The first kappa shape index (κ1) is 17.8. The molecule has 136 valence electrons. The number of anilines is 2. The molecule has 8 nitrogen and oxygen atoms in total. The van der Waals surface area contributed by atoms with E-state index in [0.29, 0.717) is 23.6 Å². The number of carbonyl (C=O) groups is 2. The molecule has 1 fully saturated rings. The number of nitrogens with one attached hydrogen (secondary N) is 2. The Bertz CT molecular complexity index is 756. The van der Waals surface area contributed by atoms with Crippen LogP contribution >= 0.6 is 0 Å². The topological polar surface area (TPSA) is 102 Å². The number of hydrogen-bond donors (Lipinski definition) is 2. The van der Waals surface area contributed by atoms with Crippen LogP contribution in [0, 0.1) is 0 Å². The van der Waals surface area contributed by atoms with Crippen molar-refractivity contribution in [3.63, 3.8) is 0 Å². The predicted octanol–water partition coefficient (Wildman–Crippen LogP) is 2.11. The largest absolute Gasteiger partial charge is 0.465 e. The Morgan fingerprint density at radius 1 is 1.19 bits per heavy atom. The van der Waals surface area contributed by atoms with Crippen molar-refractivity contribution in [1.82, 2.24) is 10.2 Å². The first-order chi connectivity index (χ1) is 12.7. The van der Waals surface area contributed by atoms with E-state index in [9.17, 15) is 9.59 Å². The second kappa shape index (κ2) is 8.39. The maximum absolute atomic E-state index is 12.2. The fourth-order valence-corrected chi connectivity index (χ4v) is 2.57. The highest BCUT2D eigenvalue weighted by atomic mass is 16.5. The van der Waals surface area contributed by atoms with E-state index < -0.39 is 5.97 Å². The van der Waals surface area contributed by atoms with E-state index in [4.69, 9.17) is 4.74 Å². The van der Waals surface area contributed by atoms with Crippen molar-refractivity contribution in [3.05, 3.63) is 47.7 Å².